The van der Waals surface area contributed by atoms with Crippen molar-refractivity contribution in [2.45, 2.75) is 30.8 Å². The maximum Gasteiger partial charge on any atom is 0.417 e. The van der Waals surface area contributed by atoms with Gasteiger partial charge in [-0.25, -0.2) is 8.42 Å². The summed E-state index contributed by atoms with van der Waals surface area (Å²) in [5, 5.41) is 9.13. The molecule has 1 N–H and O–H groups in total. The van der Waals surface area contributed by atoms with E-state index in [0.29, 0.717) is 50.3 Å². The van der Waals surface area contributed by atoms with Gasteiger partial charge in [-0.1, -0.05) is 30.3 Å². The molecule has 0 radical (unpaired) electrons. The van der Waals surface area contributed by atoms with Gasteiger partial charge in [-0.15, -0.1) is 0 Å². The largest absolute Gasteiger partial charge is 0.513 e. The molecular formula is C23H26ClF3N2O3S. The van der Waals surface area contributed by atoms with Gasteiger partial charge in [-0.2, -0.15) is 17.5 Å². The lowest BCUT2D eigenvalue weighted by Gasteiger charge is -2.34. The number of aryl methyl sites for hydroxylation is 1. The van der Waals surface area contributed by atoms with E-state index in [-0.39, 0.29) is 22.1 Å². The Morgan fingerprint density at radius 2 is 1.76 bits per heavy atom. The van der Waals surface area contributed by atoms with Crippen molar-refractivity contribution in [3.8, 4) is 0 Å². The van der Waals surface area contributed by atoms with Crippen molar-refractivity contribution in [3.63, 3.8) is 0 Å². The standard InChI is InChI=1S/C23H26ClF3N2O3S/c1-16-11-19(13-17(2)30)14-20(12-16)33(31,32)29-9-7-28(8-10-29)6-5-18-3-4-21(22(24)15-18)23(25,26)27/h3-4,11-12,14-15,30H,2,5-10,13H2,1H3. The first-order chi connectivity index (χ1) is 15.4. The molecule has 0 aromatic heterocycles. The summed E-state index contributed by atoms with van der Waals surface area (Å²) in [4.78, 5) is 2.27. The Kier molecular flexibility index (Phi) is 7.78. The van der Waals surface area contributed by atoms with Crippen molar-refractivity contribution in [3.05, 3.63) is 76.0 Å². The number of piperazine rings is 1. The van der Waals surface area contributed by atoms with Crippen molar-refractivity contribution in [1.29, 1.82) is 0 Å². The molecule has 0 atom stereocenters. The second-order valence-electron chi connectivity index (χ2n) is 8.21. The molecule has 0 amide bonds. The molecule has 180 valence electrons. The van der Waals surface area contributed by atoms with E-state index in [1.807, 2.05) is 6.07 Å². The van der Waals surface area contributed by atoms with Crippen LogP contribution in [0.2, 0.25) is 5.02 Å². The van der Waals surface area contributed by atoms with Crippen LogP contribution in [-0.2, 0) is 29.0 Å². The Morgan fingerprint density at radius 3 is 2.33 bits per heavy atom. The molecule has 0 saturated carbocycles. The van der Waals surface area contributed by atoms with Gasteiger partial charge in [0.05, 0.1) is 21.2 Å². The molecule has 0 aliphatic carbocycles. The third kappa shape index (κ3) is 6.50. The van der Waals surface area contributed by atoms with Crippen LogP contribution < -0.4 is 0 Å². The molecule has 3 rings (SSSR count). The highest BCUT2D eigenvalue weighted by atomic mass is 35.5. The van der Waals surface area contributed by atoms with Gasteiger partial charge >= 0.3 is 6.18 Å². The van der Waals surface area contributed by atoms with Crippen molar-refractivity contribution >= 4 is 21.6 Å². The van der Waals surface area contributed by atoms with Crippen molar-refractivity contribution in [1.82, 2.24) is 9.21 Å². The molecular weight excluding hydrogens is 477 g/mol. The zero-order chi connectivity index (χ0) is 24.4. The van der Waals surface area contributed by atoms with Crippen LogP contribution in [0, 0.1) is 6.92 Å². The number of hydrogen-bond acceptors (Lipinski definition) is 4. The average Bonchev–Trinajstić information content (AvgIpc) is 2.70. The highest BCUT2D eigenvalue weighted by molar-refractivity contribution is 7.89. The average molecular weight is 503 g/mol. The summed E-state index contributed by atoms with van der Waals surface area (Å²) in [6, 6.07) is 8.73. The maximum absolute atomic E-state index is 13.1. The van der Waals surface area contributed by atoms with Crippen LogP contribution in [0.5, 0.6) is 0 Å². The molecule has 5 nitrogen and oxygen atoms in total. The Labute approximate surface area is 197 Å². The van der Waals surface area contributed by atoms with Gasteiger partial charge in [-0.05, 0) is 54.3 Å². The molecule has 0 spiro atoms. The topological polar surface area (TPSA) is 60.9 Å². The lowest BCUT2D eigenvalue weighted by molar-refractivity contribution is -0.137. The summed E-state index contributed by atoms with van der Waals surface area (Å²) in [5.41, 5.74) is 1.30. The molecule has 1 heterocycles. The minimum Gasteiger partial charge on any atom is -0.513 e. The number of nitrogens with zero attached hydrogens (tertiary/aromatic N) is 2. The highest BCUT2D eigenvalue weighted by Crippen LogP contribution is 2.35. The molecule has 1 saturated heterocycles. The van der Waals surface area contributed by atoms with E-state index < -0.39 is 21.8 Å². The minimum atomic E-state index is -4.48. The summed E-state index contributed by atoms with van der Waals surface area (Å²) < 4.78 is 66.2. The maximum atomic E-state index is 13.1. The molecule has 1 aliphatic rings. The first-order valence-electron chi connectivity index (χ1n) is 10.4. The van der Waals surface area contributed by atoms with Gasteiger partial charge in [0, 0.05) is 39.1 Å². The SMILES string of the molecule is C=C(O)Cc1cc(C)cc(S(=O)(=O)N2CCN(CCc3ccc(C(F)(F)F)c(Cl)c3)CC2)c1. The van der Waals surface area contributed by atoms with E-state index in [1.165, 1.54) is 16.4 Å². The van der Waals surface area contributed by atoms with E-state index in [9.17, 15) is 26.7 Å². The molecule has 0 bridgehead atoms. The lowest BCUT2D eigenvalue weighted by atomic mass is 10.1. The minimum absolute atomic E-state index is 0.0353. The molecule has 1 fully saturated rings. The molecule has 10 heteroatoms. The first kappa shape index (κ1) is 25.6. The number of rotatable bonds is 7. The van der Waals surface area contributed by atoms with Gasteiger partial charge < -0.3 is 10.0 Å². The summed E-state index contributed by atoms with van der Waals surface area (Å²) >= 11 is 5.79. The van der Waals surface area contributed by atoms with Gasteiger partial charge in [0.1, 0.15) is 0 Å². The predicted molar refractivity (Wildman–Crippen MR) is 122 cm³/mol. The van der Waals surface area contributed by atoms with Crippen LogP contribution in [0.25, 0.3) is 0 Å². The summed E-state index contributed by atoms with van der Waals surface area (Å²) in [7, 11) is -3.69. The van der Waals surface area contributed by atoms with Crippen LogP contribution in [0.15, 0.2) is 53.6 Å². The number of aliphatic hydroxyl groups is 1. The van der Waals surface area contributed by atoms with Gasteiger partial charge in [0.25, 0.3) is 0 Å². The van der Waals surface area contributed by atoms with Crippen molar-refractivity contribution in [2.24, 2.45) is 0 Å². The number of halogens is 4. The predicted octanol–water partition coefficient (Wildman–Crippen LogP) is 4.83. The van der Waals surface area contributed by atoms with Crippen LogP contribution >= 0.6 is 11.6 Å². The lowest BCUT2D eigenvalue weighted by Crippen LogP contribution is -2.49. The number of aliphatic hydroxyl groups excluding tert-OH is 1. The normalized spacial score (nSPS) is 16.2. The smallest absolute Gasteiger partial charge is 0.417 e. The fourth-order valence-corrected chi connectivity index (χ4v) is 5.77. The highest BCUT2D eigenvalue weighted by Gasteiger charge is 2.33. The fourth-order valence-electron chi connectivity index (χ4n) is 3.88. The second-order valence-corrected chi connectivity index (χ2v) is 10.6. The number of hydrogen-bond donors (Lipinski definition) is 1. The molecule has 1 aliphatic heterocycles. The van der Waals surface area contributed by atoms with E-state index >= 15 is 0 Å². The quantitative estimate of drug-likeness (QED) is 0.551. The number of sulfonamides is 1. The third-order valence-electron chi connectivity index (χ3n) is 5.54. The Balaban J connectivity index is 1.60. The Hall–Kier alpha value is -2.07. The molecule has 2 aromatic carbocycles. The van der Waals surface area contributed by atoms with Crippen LogP contribution in [-0.4, -0.2) is 55.5 Å². The summed E-state index contributed by atoms with van der Waals surface area (Å²) in [6.45, 7) is 7.50. The zero-order valence-corrected chi connectivity index (χ0v) is 19.8. The monoisotopic (exact) mass is 502 g/mol. The summed E-state index contributed by atoms with van der Waals surface area (Å²) in [6.07, 6.45) is -3.79. The van der Waals surface area contributed by atoms with Crippen LogP contribution in [0.4, 0.5) is 13.2 Å². The van der Waals surface area contributed by atoms with Crippen LogP contribution in [0.3, 0.4) is 0 Å². The Bertz CT molecular complexity index is 1130. The fraction of sp³-hybridized carbons (Fsp3) is 0.391. The zero-order valence-electron chi connectivity index (χ0n) is 18.2. The van der Waals surface area contributed by atoms with E-state index in [1.54, 1.807) is 19.1 Å². The van der Waals surface area contributed by atoms with Gasteiger partial charge in [0.2, 0.25) is 10.0 Å². The van der Waals surface area contributed by atoms with Crippen molar-refractivity contribution < 1.29 is 26.7 Å². The van der Waals surface area contributed by atoms with E-state index in [4.69, 9.17) is 11.6 Å². The van der Waals surface area contributed by atoms with Crippen molar-refractivity contribution in [2.75, 3.05) is 32.7 Å². The molecule has 0 unspecified atom stereocenters. The van der Waals surface area contributed by atoms with E-state index in [2.05, 4.69) is 11.5 Å². The second kappa shape index (κ2) is 10.0. The number of allylic oxidation sites excluding steroid dienone is 1. The number of benzene rings is 2. The third-order valence-corrected chi connectivity index (χ3v) is 7.73. The molecule has 33 heavy (non-hydrogen) atoms. The first-order valence-corrected chi connectivity index (χ1v) is 12.2. The Morgan fingerprint density at radius 1 is 1.09 bits per heavy atom. The van der Waals surface area contributed by atoms with Gasteiger partial charge in [-0.3, -0.25) is 0 Å². The summed E-state index contributed by atoms with van der Waals surface area (Å²) in [5.74, 6) is -0.0353. The van der Waals surface area contributed by atoms with Gasteiger partial charge in [0.15, 0.2) is 0 Å². The number of alkyl halides is 3. The van der Waals surface area contributed by atoms with Crippen LogP contribution in [0.1, 0.15) is 22.3 Å². The molecule has 2 aromatic rings. The van der Waals surface area contributed by atoms with E-state index in [0.717, 1.165) is 11.6 Å².